The number of rotatable bonds is 3. The Morgan fingerprint density at radius 2 is 1.37 bits per heavy atom. The number of imide groups is 1. The molecule has 9 nitrogen and oxygen atoms in total. The third-order valence-corrected chi connectivity index (χ3v) is 6.98. The van der Waals surface area contributed by atoms with Crippen molar-refractivity contribution in [3.8, 4) is 0 Å². The van der Waals surface area contributed by atoms with Gasteiger partial charge in [0, 0.05) is 11.1 Å². The van der Waals surface area contributed by atoms with Crippen molar-refractivity contribution in [1.82, 2.24) is 0 Å². The number of fused-ring (bicyclic) bond motifs is 3. The summed E-state index contributed by atoms with van der Waals surface area (Å²) in [4.78, 5) is 55.8. The van der Waals surface area contributed by atoms with Gasteiger partial charge in [0.25, 0.3) is 0 Å². The Kier molecular flexibility index (Phi) is 4.52. The summed E-state index contributed by atoms with van der Waals surface area (Å²) in [5.41, 5.74) is -1.20. The van der Waals surface area contributed by atoms with Crippen LogP contribution in [0, 0.1) is 17.0 Å². The lowest BCUT2D eigenvalue weighted by Crippen LogP contribution is -2.51. The molecular formula is C26H17N2O7-. The molecule has 0 aromatic heterocycles. The molecule has 0 unspecified atom stereocenters. The molecule has 6 rings (SSSR count). The molecule has 3 aliphatic rings. The van der Waals surface area contributed by atoms with E-state index in [-0.39, 0.29) is 27.7 Å². The maximum absolute atomic E-state index is 13.8. The minimum Gasteiger partial charge on any atom is -0.733 e. The molecule has 2 amide bonds. The molecule has 2 fully saturated rings. The minimum absolute atomic E-state index is 0.0911. The van der Waals surface area contributed by atoms with E-state index in [1.807, 2.05) is 0 Å². The summed E-state index contributed by atoms with van der Waals surface area (Å²) in [6.45, 7) is 0. The number of Topliss-reactive ketones (excluding diaryl/α,β-unsaturated/α-hetero) is 2. The molecule has 1 N–H and O–H groups in total. The highest BCUT2D eigenvalue weighted by Crippen LogP contribution is 2.57. The van der Waals surface area contributed by atoms with Crippen LogP contribution in [0.15, 0.2) is 78.9 Å². The number of carbonyl (C=O) groups is 4. The molecule has 1 spiro atoms. The van der Waals surface area contributed by atoms with Crippen LogP contribution in [0.2, 0.25) is 0 Å². The molecule has 2 aliphatic heterocycles. The van der Waals surface area contributed by atoms with Crippen molar-refractivity contribution in [2.45, 2.75) is 11.7 Å². The largest absolute Gasteiger partial charge is 0.733 e. The van der Waals surface area contributed by atoms with Crippen molar-refractivity contribution in [1.29, 1.82) is 0 Å². The fraction of sp³-hybridized carbons (Fsp3) is 0.154. The van der Waals surface area contributed by atoms with Crippen LogP contribution in [0.3, 0.4) is 0 Å². The minimum atomic E-state index is -2.15. The highest BCUT2D eigenvalue weighted by molar-refractivity contribution is 6.37. The predicted octanol–water partition coefficient (Wildman–Crippen LogP) is 3.08. The number of ether oxygens (including phenoxy) is 1. The molecule has 0 saturated carbocycles. The number of amides is 2. The van der Waals surface area contributed by atoms with Crippen molar-refractivity contribution in [3.63, 3.8) is 0 Å². The van der Waals surface area contributed by atoms with Gasteiger partial charge in [-0.15, -0.1) is 0 Å². The van der Waals surface area contributed by atoms with Crippen LogP contribution < -0.4 is 10.1 Å². The van der Waals surface area contributed by atoms with Gasteiger partial charge in [0.15, 0.2) is 0 Å². The van der Waals surface area contributed by atoms with Crippen LogP contribution in [0.4, 0.5) is 11.4 Å². The Bertz CT molecular complexity index is 1370. The quantitative estimate of drug-likeness (QED) is 0.352. The second-order valence-electron chi connectivity index (χ2n) is 8.69. The Hall–Kier alpha value is -4.18. The molecule has 0 bridgehead atoms. The van der Waals surface area contributed by atoms with E-state index in [0.717, 1.165) is 4.90 Å². The fourth-order valence-corrected chi connectivity index (χ4v) is 5.44. The van der Waals surface area contributed by atoms with Gasteiger partial charge >= 0.3 is 0 Å². The number of hydrogen-bond acceptors (Lipinski definition) is 8. The molecule has 1 aliphatic carbocycles. The molecule has 9 heteroatoms. The average molecular weight is 469 g/mol. The lowest BCUT2D eigenvalue weighted by molar-refractivity contribution is -0.127. The Morgan fingerprint density at radius 1 is 0.800 bits per heavy atom. The molecule has 2 heterocycles. The summed E-state index contributed by atoms with van der Waals surface area (Å²) >= 11 is 0. The SMILES string of the molecule is O=C1[C@@H]2[C@@H](C(=O)N1c1ccc(N([O-])O)cc1)C1(O[C@H]2c2ccccc2)C(=O)c2ccccc2C1=O. The summed E-state index contributed by atoms with van der Waals surface area (Å²) in [6, 6.07) is 20.2. The summed E-state index contributed by atoms with van der Waals surface area (Å²) in [5, 5.41) is 19.9. The van der Waals surface area contributed by atoms with Gasteiger partial charge in [-0.3, -0.25) is 24.4 Å². The van der Waals surface area contributed by atoms with Crippen LogP contribution in [0.5, 0.6) is 0 Å². The lowest BCUT2D eigenvalue weighted by Gasteiger charge is -2.27. The van der Waals surface area contributed by atoms with E-state index >= 15 is 0 Å². The van der Waals surface area contributed by atoms with Gasteiger partial charge in [0.2, 0.25) is 29.0 Å². The smallest absolute Gasteiger partial charge is 0.241 e. The van der Waals surface area contributed by atoms with Gasteiger partial charge in [0.1, 0.15) is 0 Å². The summed E-state index contributed by atoms with van der Waals surface area (Å²) < 4.78 is 6.20. The molecule has 35 heavy (non-hydrogen) atoms. The van der Waals surface area contributed by atoms with Crippen LogP contribution >= 0.6 is 0 Å². The predicted molar refractivity (Wildman–Crippen MR) is 122 cm³/mol. The standard InChI is InChI=1S/C26H17N2O7/c29-22-17-8-4-5-9-18(17)23(30)26(22)20-19(21(35-26)14-6-2-1-3-7-14)24(31)27(25(20)32)15-10-12-16(13-11-15)28(33)34/h1-13,19-21,33H/q-1/t19-,20+,21+/m1/s1. The monoisotopic (exact) mass is 469 g/mol. The molecule has 0 radical (unpaired) electrons. The van der Waals surface area contributed by atoms with Crippen LogP contribution in [-0.2, 0) is 14.3 Å². The molecule has 3 aromatic carbocycles. The third-order valence-electron chi connectivity index (χ3n) is 6.98. The van der Waals surface area contributed by atoms with E-state index in [1.54, 1.807) is 42.5 Å². The first-order valence-electron chi connectivity index (χ1n) is 10.9. The molecule has 3 atom stereocenters. The Morgan fingerprint density at radius 3 is 1.94 bits per heavy atom. The average Bonchev–Trinajstić information content (AvgIpc) is 3.44. The first-order chi connectivity index (χ1) is 16.9. The van der Waals surface area contributed by atoms with Crippen molar-refractivity contribution in [3.05, 3.63) is 101 Å². The Labute approximate surface area is 198 Å². The maximum Gasteiger partial charge on any atom is 0.241 e. The number of benzene rings is 3. The van der Waals surface area contributed by atoms with Gasteiger partial charge in [-0.05, 0) is 29.8 Å². The van der Waals surface area contributed by atoms with E-state index in [4.69, 9.17) is 9.94 Å². The zero-order valence-electron chi connectivity index (χ0n) is 18.0. The van der Waals surface area contributed by atoms with Gasteiger partial charge < -0.3 is 15.2 Å². The van der Waals surface area contributed by atoms with Crippen LogP contribution in [-0.4, -0.2) is 34.2 Å². The number of hydrogen-bond donors (Lipinski definition) is 1. The van der Waals surface area contributed by atoms with Gasteiger partial charge in [-0.25, -0.2) is 4.90 Å². The summed E-state index contributed by atoms with van der Waals surface area (Å²) in [7, 11) is 0. The van der Waals surface area contributed by atoms with E-state index in [0.29, 0.717) is 5.56 Å². The zero-order chi connectivity index (χ0) is 24.5. The van der Waals surface area contributed by atoms with Crippen molar-refractivity contribution >= 4 is 34.8 Å². The molecule has 2 saturated heterocycles. The maximum atomic E-state index is 13.8. The fourth-order valence-electron chi connectivity index (χ4n) is 5.44. The first-order valence-corrected chi connectivity index (χ1v) is 10.9. The van der Waals surface area contributed by atoms with Gasteiger partial charge in [0.05, 0.1) is 29.3 Å². The number of carbonyl (C=O) groups excluding carboxylic acids is 4. The number of nitrogens with zero attached hydrogens (tertiary/aromatic N) is 2. The topological polar surface area (TPSA) is 127 Å². The highest BCUT2D eigenvalue weighted by Gasteiger charge is 2.74. The van der Waals surface area contributed by atoms with E-state index in [9.17, 15) is 24.4 Å². The second kappa shape index (κ2) is 7.41. The highest BCUT2D eigenvalue weighted by atomic mass is 16.8. The zero-order valence-corrected chi connectivity index (χ0v) is 18.0. The van der Waals surface area contributed by atoms with Crippen molar-refractivity contribution in [2.75, 3.05) is 10.1 Å². The van der Waals surface area contributed by atoms with E-state index in [2.05, 4.69) is 0 Å². The van der Waals surface area contributed by atoms with Crippen molar-refractivity contribution in [2.24, 2.45) is 11.8 Å². The van der Waals surface area contributed by atoms with Crippen LogP contribution in [0.1, 0.15) is 32.4 Å². The molecular weight excluding hydrogens is 452 g/mol. The summed E-state index contributed by atoms with van der Waals surface area (Å²) in [6.07, 6.45) is -1.00. The number of anilines is 2. The van der Waals surface area contributed by atoms with E-state index < -0.39 is 46.9 Å². The summed E-state index contributed by atoms with van der Waals surface area (Å²) in [5.74, 6) is -5.08. The van der Waals surface area contributed by atoms with Gasteiger partial charge in [-0.1, -0.05) is 54.6 Å². The molecule has 174 valence electrons. The van der Waals surface area contributed by atoms with Crippen molar-refractivity contribution < 1.29 is 29.1 Å². The van der Waals surface area contributed by atoms with Gasteiger partial charge in [-0.2, -0.15) is 0 Å². The van der Waals surface area contributed by atoms with E-state index in [1.165, 1.54) is 36.4 Å². The lowest BCUT2D eigenvalue weighted by atomic mass is 9.77. The normalized spacial score (nSPS) is 24.3. The molecule has 3 aromatic rings. The number of ketones is 2. The van der Waals surface area contributed by atoms with Crippen LogP contribution in [0.25, 0.3) is 0 Å². The second-order valence-corrected chi connectivity index (χ2v) is 8.69. The Balaban J connectivity index is 1.51. The third kappa shape index (κ3) is 2.74. The first kappa shape index (κ1) is 21.4.